The molecule has 29 heavy (non-hydrogen) atoms. The van der Waals surface area contributed by atoms with E-state index >= 15 is 0 Å². The molecule has 0 spiro atoms. The first-order valence-electron chi connectivity index (χ1n) is 9.69. The quantitative estimate of drug-likeness (QED) is 0.421. The summed E-state index contributed by atoms with van der Waals surface area (Å²) in [4.78, 5) is 16.4. The molecule has 0 aliphatic heterocycles. The van der Waals surface area contributed by atoms with E-state index in [4.69, 9.17) is 0 Å². The number of aromatic amines is 1. The van der Waals surface area contributed by atoms with Crippen molar-refractivity contribution < 1.29 is 4.79 Å². The molecule has 2 amide bonds. The van der Waals surface area contributed by atoms with Crippen molar-refractivity contribution in [2.24, 2.45) is 0 Å². The maximum atomic E-state index is 12.1. The summed E-state index contributed by atoms with van der Waals surface area (Å²) in [6, 6.07) is 19.9. The van der Waals surface area contributed by atoms with Crippen LogP contribution in [0.4, 0.5) is 10.5 Å². The summed E-state index contributed by atoms with van der Waals surface area (Å²) in [5.74, 6) is 0. The van der Waals surface area contributed by atoms with Crippen molar-refractivity contribution in [3.05, 3.63) is 78.1 Å². The number of anilines is 1. The first-order chi connectivity index (χ1) is 14.2. The molecule has 0 atom stereocenters. The highest BCUT2D eigenvalue weighted by Gasteiger charge is 2.10. The Labute approximate surface area is 169 Å². The number of H-pyrrole nitrogens is 1. The first-order valence-corrected chi connectivity index (χ1v) is 9.69. The van der Waals surface area contributed by atoms with Crippen LogP contribution in [0, 0.1) is 6.92 Å². The first kappa shape index (κ1) is 18.7. The lowest BCUT2D eigenvalue weighted by Crippen LogP contribution is -2.29. The second-order valence-corrected chi connectivity index (χ2v) is 6.95. The molecule has 0 unspecified atom stereocenters. The zero-order valence-electron chi connectivity index (χ0n) is 16.3. The number of urea groups is 1. The van der Waals surface area contributed by atoms with Crippen molar-refractivity contribution in [1.82, 2.24) is 20.5 Å². The molecule has 0 saturated heterocycles. The van der Waals surface area contributed by atoms with Gasteiger partial charge in [0.05, 0.1) is 0 Å². The second-order valence-electron chi connectivity index (χ2n) is 6.95. The third kappa shape index (κ3) is 4.43. The topological polar surface area (TPSA) is 82.7 Å². The number of hydrogen-bond acceptors (Lipinski definition) is 3. The Morgan fingerprint density at radius 1 is 1.03 bits per heavy atom. The summed E-state index contributed by atoms with van der Waals surface area (Å²) in [5, 5.41) is 14.0. The van der Waals surface area contributed by atoms with Gasteiger partial charge in [-0.15, -0.1) is 0 Å². The highest BCUT2D eigenvalue weighted by atomic mass is 16.2. The Kier molecular flexibility index (Phi) is 5.52. The molecule has 0 radical (unpaired) electrons. The van der Waals surface area contributed by atoms with Crippen LogP contribution >= 0.6 is 0 Å². The number of pyridine rings is 1. The zero-order chi connectivity index (χ0) is 20.1. The van der Waals surface area contributed by atoms with E-state index in [0.29, 0.717) is 12.2 Å². The third-order valence-corrected chi connectivity index (χ3v) is 4.86. The molecule has 6 nitrogen and oxygen atoms in total. The summed E-state index contributed by atoms with van der Waals surface area (Å²) < 4.78 is 0. The average molecular weight is 385 g/mol. The molecule has 0 fully saturated rings. The van der Waals surface area contributed by atoms with E-state index in [2.05, 4.69) is 37.9 Å². The van der Waals surface area contributed by atoms with E-state index in [1.165, 1.54) is 5.56 Å². The molecule has 2 aromatic heterocycles. The van der Waals surface area contributed by atoms with Crippen molar-refractivity contribution in [3.8, 4) is 11.1 Å². The highest BCUT2D eigenvalue weighted by Crippen LogP contribution is 2.29. The van der Waals surface area contributed by atoms with Crippen LogP contribution in [0.3, 0.4) is 0 Å². The number of nitrogens with one attached hydrogen (secondary N) is 3. The molecule has 4 aromatic rings. The molecule has 0 bridgehead atoms. The molecule has 2 heterocycles. The predicted molar refractivity (Wildman–Crippen MR) is 116 cm³/mol. The van der Waals surface area contributed by atoms with Gasteiger partial charge in [-0.05, 0) is 54.7 Å². The fourth-order valence-corrected chi connectivity index (χ4v) is 3.39. The SMILES string of the molecule is Cc1[nH]nc2nccc(-c3ccc(NC(=O)NCCCc4ccccc4)cc3)c12. The largest absolute Gasteiger partial charge is 0.338 e. The smallest absolute Gasteiger partial charge is 0.319 e. The number of aryl methyl sites for hydroxylation is 2. The molecule has 146 valence electrons. The van der Waals surface area contributed by atoms with Gasteiger partial charge in [-0.2, -0.15) is 5.10 Å². The van der Waals surface area contributed by atoms with Crippen LogP contribution in [0.5, 0.6) is 0 Å². The van der Waals surface area contributed by atoms with Gasteiger partial charge in [0.15, 0.2) is 5.65 Å². The zero-order valence-corrected chi connectivity index (χ0v) is 16.3. The molecule has 6 heteroatoms. The Morgan fingerprint density at radius 3 is 2.62 bits per heavy atom. The van der Waals surface area contributed by atoms with Crippen LogP contribution in [0.15, 0.2) is 66.9 Å². The van der Waals surface area contributed by atoms with Gasteiger partial charge in [-0.3, -0.25) is 5.10 Å². The number of nitrogens with zero attached hydrogens (tertiary/aromatic N) is 2. The number of hydrogen-bond donors (Lipinski definition) is 3. The monoisotopic (exact) mass is 385 g/mol. The minimum absolute atomic E-state index is 0.192. The fourth-order valence-electron chi connectivity index (χ4n) is 3.39. The average Bonchev–Trinajstić information content (AvgIpc) is 3.14. The Balaban J connectivity index is 1.33. The van der Waals surface area contributed by atoms with Crippen LogP contribution < -0.4 is 10.6 Å². The summed E-state index contributed by atoms with van der Waals surface area (Å²) >= 11 is 0. The van der Waals surface area contributed by atoms with Crippen molar-refractivity contribution in [3.63, 3.8) is 0 Å². The number of carbonyl (C=O) groups is 1. The Morgan fingerprint density at radius 2 is 1.83 bits per heavy atom. The van der Waals surface area contributed by atoms with Crippen molar-refractivity contribution >= 4 is 22.8 Å². The van der Waals surface area contributed by atoms with Gasteiger partial charge in [-0.25, -0.2) is 9.78 Å². The second kappa shape index (κ2) is 8.56. The van der Waals surface area contributed by atoms with Gasteiger partial charge in [0.2, 0.25) is 0 Å². The lowest BCUT2D eigenvalue weighted by Gasteiger charge is -2.09. The van der Waals surface area contributed by atoms with Gasteiger partial charge >= 0.3 is 6.03 Å². The van der Waals surface area contributed by atoms with Crippen LogP contribution in [0.25, 0.3) is 22.2 Å². The van der Waals surface area contributed by atoms with Gasteiger partial charge < -0.3 is 10.6 Å². The van der Waals surface area contributed by atoms with Gasteiger partial charge in [0.25, 0.3) is 0 Å². The molecular weight excluding hydrogens is 362 g/mol. The number of rotatable bonds is 6. The van der Waals surface area contributed by atoms with Crippen LogP contribution in [0.2, 0.25) is 0 Å². The number of carbonyl (C=O) groups excluding carboxylic acids is 1. The Bertz CT molecular complexity index is 1100. The van der Waals surface area contributed by atoms with Crippen molar-refractivity contribution in [2.75, 3.05) is 11.9 Å². The summed E-state index contributed by atoms with van der Waals surface area (Å²) in [6.45, 7) is 2.62. The maximum absolute atomic E-state index is 12.1. The lowest BCUT2D eigenvalue weighted by molar-refractivity contribution is 0.252. The minimum atomic E-state index is -0.192. The molecule has 4 rings (SSSR count). The van der Waals surface area contributed by atoms with Gasteiger partial charge in [0.1, 0.15) is 0 Å². The standard InChI is InChI=1S/C23H23N5O/c1-16-21-20(13-15-24-22(21)28-27-16)18-9-11-19(12-10-18)26-23(29)25-14-5-8-17-6-3-2-4-7-17/h2-4,6-7,9-13,15H,5,8,14H2,1H3,(H,24,27,28)(H2,25,26,29). The maximum Gasteiger partial charge on any atom is 0.319 e. The van der Waals surface area contributed by atoms with E-state index < -0.39 is 0 Å². The molecule has 3 N–H and O–H groups in total. The number of amides is 2. The van der Waals surface area contributed by atoms with E-state index in [-0.39, 0.29) is 6.03 Å². The number of benzene rings is 2. The van der Waals surface area contributed by atoms with Crippen molar-refractivity contribution in [2.45, 2.75) is 19.8 Å². The molecule has 0 aliphatic rings. The fraction of sp³-hybridized carbons (Fsp3) is 0.174. The normalized spacial score (nSPS) is 10.8. The third-order valence-electron chi connectivity index (χ3n) is 4.86. The van der Waals surface area contributed by atoms with Crippen molar-refractivity contribution in [1.29, 1.82) is 0 Å². The van der Waals surface area contributed by atoms with Crippen LogP contribution in [-0.2, 0) is 6.42 Å². The number of aromatic nitrogens is 3. The minimum Gasteiger partial charge on any atom is -0.338 e. The highest BCUT2D eigenvalue weighted by molar-refractivity contribution is 5.95. The Hall–Kier alpha value is -3.67. The van der Waals surface area contributed by atoms with E-state index in [0.717, 1.165) is 40.7 Å². The molecular formula is C23H23N5O. The van der Waals surface area contributed by atoms with E-state index in [1.54, 1.807) is 6.20 Å². The number of fused-ring (bicyclic) bond motifs is 1. The molecule has 0 saturated carbocycles. The molecule has 2 aromatic carbocycles. The molecule has 0 aliphatic carbocycles. The van der Waals surface area contributed by atoms with Crippen LogP contribution in [0.1, 0.15) is 17.7 Å². The van der Waals surface area contributed by atoms with Gasteiger partial charge in [0, 0.05) is 29.5 Å². The summed E-state index contributed by atoms with van der Waals surface area (Å²) in [7, 11) is 0. The summed E-state index contributed by atoms with van der Waals surface area (Å²) in [5.41, 5.74) is 5.85. The summed E-state index contributed by atoms with van der Waals surface area (Å²) in [6.07, 6.45) is 3.61. The predicted octanol–water partition coefficient (Wildman–Crippen LogP) is 4.69. The van der Waals surface area contributed by atoms with Gasteiger partial charge in [-0.1, -0.05) is 42.5 Å². The van der Waals surface area contributed by atoms with Crippen LogP contribution in [-0.4, -0.2) is 27.8 Å². The van der Waals surface area contributed by atoms with E-state index in [9.17, 15) is 4.79 Å². The lowest BCUT2D eigenvalue weighted by atomic mass is 10.0. The van der Waals surface area contributed by atoms with E-state index in [1.807, 2.05) is 55.5 Å².